The van der Waals surface area contributed by atoms with Crippen molar-refractivity contribution in [3.63, 3.8) is 0 Å². The van der Waals surface area contributed by atoms with Gasteiger partial charge in [-0.25, -0.2) is 8.78 Å². The number of benzene rings is 1. The number of halogens is 2. The van der Waals surface area contributed by atoms with Gasteiger partial charge in [-0.3, -0.25) is 9.59 Å². The Morgan fingerprint density at radius 2 is 1.80 bits per heavy atom. The summed E-state index contributed by atoms with van der Waals surface area (Å²) in [6.45, 7) is 0.560. The molecule has 1 aromatic carbocycles. The molecule has 2 rings (SSSR count). The Labute approximate surface area is 114 Å². The molecule has 0 radical (unpaired) electrons. The Hall–Kier alpha value is -2.18. The lowest BCUT2D eigenvalue weighted by Crippen LogP contribution is -2.42. The van der Waals surface area contributed by atoms with Crippen molar-refractivity contribution in [2.45, 2.75) is 12.8 Å². The van der Waals surface area contributed by atoms with Crippen molar-refractivity contribution in [2.75, 3.05) is 18.8 Å². The van der Waals surface area contributed by atoms with Crippen molar-refractivity contribution in [1.29, 1.82) is 0 Å². The van der Waals surface area contributed by atoms with Crippen LogP contribution < -0.4 is 11.5 Å². The van der Waals surface area contributed by atoms with Gasteiger partial charge >= 0.3 is 0 Å². The second kappa shape index (κ2) is 5.44. The van der Waals surface area contributed by atoms with E-state index in [0.717, 1.165) is 12.1 Å². The number of nitrogens with two attached hydrogens (primary N) is 2. The van der Waals surface area contributed by atoms with Crippen LogP contribution in [0.15, 0.2) is 12.1 Å². The van der Waals surface area contributed by atoms with Gasteiger partial charge in [0.25, 0.3) is 5.91 Å². The van der Waals surface area contributed by atoms with Crippen LogP contribution >= 0.6 is 0 Å². The molecule has 5 nitrogen and oxygen atoms in total. The van der Waals surface area contributed by atoms with E-state index < -0.39 is 29.1 Å². The van der Waals surface area contributed by atoms with E-state index in [1.807, 2.05) is 0 Å². The predicted molar refractivity (Wildman–Crippen MR) is 68.6 cm³/mol. The zero-order valence-electron chi connectivity index (χ0n) is 10.7. The van der Waals surface area contributed by atoms with E-state index in [0.29, 0.717) is 12.8 Å². The highest BCUT2D eigenvalue weighted by molar-refractivity contribution is 5.95. The molecule has 7 heteroatoms. The maximum absolute atomic E-state index is 13.8. The summed E-state index contributed by atoms with van der Waals surface area (Å²) in [6.07, 6.45) is 0.848. The van der Waals surface area contributed by atoms with E-state index in [4.69, 9.17) is 11.5 Å². The molecule has 2 amide bonds. The van der Waals surface area contributed by atoms with Crippen LogP contribution in [-0.4, -0.2) is 29.8 Å². The minimum Gasteiger partial charge on any atom is -0.396 e. The lowest BCUT2D eigenvalue weighted by Gasteiger charge is -2.30. The average molecular weight is 283 g/mol. The Balaban J connectivity index is 2.15. The molecule has 1 aliphatic rings. The van der Waals surface area contributed by atoms with Gasteiger partial charge in [0.05, 0.1) is 11.3 Å². The number of amides is 2. The number of likely N-dealkylation sites (tertiary alicyclic amines) is 1. The molecule has 1 aromatic rings. The van der Waals surface area contributed by atoms with E-state index in [2.05, 4.69) is 0 Å². The first-order chi connectivity index (χ1) is 9.40. The minimum atomic E-state index is -0.923. The van der Waals surface area contributed by atoms with Crippen molar-refractivity contribution < 1.29 is 18.4 Å². The summed E-state index contributed by atoms with van der Waals surface area (Å²) >= 11 is 0. The summed E-state index contributed by atoms with van der Waals surface area (Å²) in [6, 6.07) is 1.65. The summed E-state index contributed by atoms with van der Waals surface area (Å²) in [5, 5.41) is 0. The molecule has 0 unspecified atom stereocenters. The highest BCUT2D eigenvalue weighted by atomic mass is 19.1. The molecule has 4 N–H and O–H groups in total. The van der Waals surface area contributed by atoms with Gasteiger partial charge in [-0.15, -0.1) is 0 Å². The summed E-state index contributed by atoms with van der Waals surface area (Å²) in [5.74, 6) is -3.00. The van der Waals surface area contributed by atoms with Crippen LogP contribution in [0.3, 0.4) is 0 Å². The highest BCUT2D eigenvalue weighted by Crippen LogP contribution is 2.22. The Morgan fingerprint density at radius 1 is 1.20 bits per heavy atom. The van der Waals surface area contributed by atoms with Crippen molar-refractivity contribution >= 4 is 17.5 Å². The van der Waals surface area contributed by atoms with Gasteiger partial charge in [0, 0.05) is 19.0 Å². The van der Waals surface area contributed by atoms with Crippen molar-refractivity contribution in [3.8, 4) is 0 Å². The lowest BCUT2D eigenvalue weighted by atomic mass is 9.96. The fraction of sp³-hybridized carbons (Fsp3) is 0.385. The molecule has 1 fully saturated rings. The lowest BCUT2D eigenvalue weighted by molar-refractivity contribution is -0.123. The molecular formula is C13H15F2N3O2. The molecule has 1 heterocycles. The molecular weight excluding hydrogens is 268 g/mol. The Bertz CT molecular complexity index is 555. The molecule has 0 spiro atoms. The number of carbonyl (C=O) groups excluding carboxylic acids is 2. The van der Waals surface area contributed by atoms with E-state index in [1.54, 1.807) is 0 Å². The molecule has 0 atom stereocenters. The minimum absolute atomic E-state index is 0.276. The first-order valence-corrected chi connectivity index (χ1v) is 6.23. The SMILES string of the molecule is NC(=O)C1CCN(C(=O)c2cc(F)cc(N)c2F)CC1. The van der Waals surface area contributed by atoms with Crippen molar-refractivity contribution in [2.24, 2.45) is 11.7 Å². The van der Waals surface area contributed by atoms with Crippen LogP contribution in [-0.2, 0) is 4.79 Å². The first-order valence-electron chi connectivity index (χ1n) is 6.23. The monoisotopic (exact) mass is 283 g/mol. The quantitative estimate of drug-likeness (QED) is 0.790. The molecule has 20 heavy (non-hydrogen) atoms. The number of hydrogen-bond donors (Lipinski definition) is 2. The molecule has 0 saturated carbocycles. The van der Waals surface area contributed by atoms with Gasteiger partial charge in [-0.05, 0) is 25.0 Å². The van der Waals surface area contributed by atoms with Crippen LogP contribution in [0.25, 0.3) is 0 Å². The maximum atomic E-state index is 13.8. The molecule has 0 aliphatic carbocycles. The van der Waals surface area contributed by atoms with E-state index in [9.17, 15) is 18.4 Å². The van der Waals surface area contributed by atoms with Crippen LogP contribution in [0.4, 0.5) is 14.5 Å². The number of carbonyl (C=O) groups is 2. The van der Waals surface area contributed by atoms with Crippen LogP contribution in [0.1, 0.15) is 23.2 Å². The Morgan fingerprint density at radius 3 is 2.35 bits per heavy atom. The van der Waals surface area contributed by atoms with Gasteiger partial charge in [0.2, 0.25) is 5.91 Å². The fourth-order valence-electron chi connectivity index (χ4n) is 2.30. The number of rotatable bonds is 2. The molecule has 1 saturated heterocycles. The third kappa shape index (κ3) is 2.71. The van der Waals surface area contributed by atoms with Crippen molar-refractivity contribution in [1.82, 2.24) is 4.90 Å². The third-order valence-corrected chi connectivity index (χ3v) is 3.48. The number of nitrogens with zero attached hydrogens (tertiary/aromatic N) is 1. The molecule has 108 valence electrons. The van der Waals surface area contributed by atoms with Crippen molar-refractivity contribution in [3.05, 3.63) is 29.3 Å². The van der Waals surface area contributed by atoms with Gasteiger partial charge in [0.1, 0.15) is 5.82 Å². The van der Waals surface area contributed by atoms with E-state index >= 15 is 0 Å². The van der Waals surface area contributed by atoms with Gasteiger partial charge in [-0.1, -0.05) is 0 Å². The second-order valence-electron chi connectivity index (χ2n) is 4.83. The second-order valence-corrected chi connectivity index (χ2v) is 4.83. The van der Waals surface area contributed by atoms with Gasteiger partial charge in [0.15, 0.2) is 5.82 Å². The number of piperidine rings is 1. The molecule has 0 aromatic heterocycles. The summed E-state index contributed by atoms with van der Waals surface area (Å²) < 4.78 is 27.0. The van der Waals surface area contributed by atoms with Crippen LogP contribution in [0, 0.1) is 17.6 Å². The Kier molecular flexibility index (Phi) is 3.87. The normalized spacial score (nSPS) is 16.2. The molecule has 1 aliphatic heterocycles. The smallest absolute Gasteiger partial charge is 0.257 e. The number of nitrogen functional groups attached to an aromatic ring is 1. The van der Waals surface area contributed by atoms with Crippen LogP contribution in [0.2, 0.25) is 0 Å². The summed E-state index contributed by atoms with van der Waals surface area (Å²) in [7, 11) is 0. The number of hydrogen-bond acceptors (Lipinski definition) is 3. The fourth-order valence-corrected chi connectivity index (χ4v) is 2.30. The molecule has 0 bridgehead atoms. The highest BCUT2D eigenvalue weighted by Gasteiger charge is 2.28. The van der Waals surface area contributed by atoms with E-state index in [-0.39, 0.29) is 24.6 Å². The summed E-state index contributed by atoms with van der Waals surface area (Å²) in [5.41, 5.74) is 9.71. The average Bonchev–Trinajstić information content (AvgIpc) is 2.42. The summed E-state index contributed by atoms with van der Waals surface area (Å²) in [4.78, 5) is 24.6. The zero-order valence-corrected chi connectivity index (χ0v) is 10.7. The maximum Gasteiger partial charge on any atom is 0.257 e. The van der Waals surface area contributed by atoms with Gasteiger partial charge < -0.3 is 16.4 Å². The number of primary amides is 1. The first kappa shape index (κ1) is 14.2. The topological polar surface area (TPSA) is 89.4 Å². The zero-order chi connectivity index (χ0) is 14.9. The predicted octanol–water partition coefficient (Wildman–Crippen LogP) is 0.884. The third-order valence-electron chi connectivity index (χ3n) is 3.48. The van der Waals surface area contributed by atoms with Crippen LogP contribution in [0.5, 0.6) is 0 Å². The van der Waals surface area contributed by atoms with E-state index in [1.165, 1.54) is 4.90 Å². The largest absolute Gasteiger partial charge is 0.396 e. The standard InChI is InChI=1S/C13H15F2N3O2/c14-8-5-9(11(15)10(16)6-8)13(20)18-3-1-7(2-4-18)12(17)19/h5-7H,1-4,16H2,(H2,17,19). The van der Waals surface area contributed by atoms with Gasteiger partial charge in [-0.2, -0.15) is 0 Å². The number of anilines is 1.